The van der Waals surface area contributed by atoms with Crippen LogP contribution in [-0.2, 0) is 9.53 Å². The predicted molar refractivity (Wildman–Crippen MR) is 48.0 cm³/mol. The molecule has 2 N–H and O–H groups in total. The van der Waals surface area contributed by atoms with Crippen molar-refractivity contribution >= 4 is 6.29 Å². The van der Waals surface area contributed by atoms with E-state index in [-0.39, 0.29) is 17.8 Å². The van der Waals surface area contributed by atoms with E-state index in [0.29, 0.717) is 12.0 Å². The van der Waals surface area contributed by atoms with Gasteiger partial charge in [0.2, 0.25) is 0 Å². The summed E-state index contributed by atoms with van der Waals surface area (Å²) in [6, 6.07) is 0. The van der Waals surface area contributed by atoms with Gasteiger partial charge in [0, 0.05) is 17.4 Å². The molecule has 0 unspecified atom stereocenters. The number of ether oxygens (including phenoxy) is 1. The quantitative estimate of drug-likeness (QED) is 0.584. The molecule has 0 spiro atoms. The van der Waals surface area contributed by atoms with E-state index >= 15 is 0 Å². The first kappa shape index (κ1) is 9.68. The van der Waals surface area contributed by atoms with E-state index in [0.717, 1.165) is 6.29 Å². The molecular weight excluding hydrogens is 184 g/mol. The lowest BCUT2D eigenvalue weighted by molar-refractivity contribution is -0.128. The van der Waals surface area contributed by atoms with Gasteiger partial charge in [-0.25, -0.2) is 0 Å². The number of allylic oxidation sites excluding steroid dienone is 1. The zero-order valence-electron chi connectivity index (χ0n) is 7.96. The van der Waals surface area contributed by atoms with Crippen molar-refractivity contribution in [3.63, 3.8) is 0 Å². The molecule has 78 valence electrons. The zero-order valence-corrected chi connectivity index (χ0v) is 7.96. The number of carbonyl (C=O) groups excluding carboxylic acids is 1. The van der Waals surface area contributed by atoms with Gasteiger partial charge in [-0.2, -0.15) is 0 Å². The van der Waals surface area contributed by atoms with Crippen LogP contribution in [0, 0.1) is 17.8 Å². The molecule has 0 aromatic rings. The average Bonchev–Trinajstić information content (AvgIpc) is 2.45. The summed E-state index contributed by atoms with van der Waals surface area (Å²) in [5.41, 5.74) is 0.545. The molecule has 14 heavy (non-hydrogen) atoms. The summed E-state index contributed by atoms with van der Waals surface area (Å²) in [5, 5.41) is 19.2. The summed E-state index contributed by atoms with van der Waals surface area (Å²) in [5.74, 6) is -0.241. The van der Waals surface area contributed by atoms with Gasteiger partial charge in [0.1, 0.15) is 6.29 Å². The second-order valence-corrected chi connectivity index (χ2v) is 4.11. The van der Waals surface area contributed by atoms with Crippen LogP contribution < -0.4 is 0 Å². The van der Waals surface area contributed by atoms with E-state index in [4.69, 9.17) is 4.74 Å². The van der Waals surface area contributed by atoms with E-state index in [1.165, 1.54) is 6.26 Å². The van der Waals surface area contributed by atoms with Crippen molar-refractivity contribution in [2.45, 2.75) is 25.7 Å². The Balaban J connectivity index is 2.29. The van der Waals surface area contributed by atoms with Crippen LogP contribution >= 0.6 is 0 Å². The molecule has 1 heterocycles. The highest BCUT2D eigenvalue weighted by Crippen LogP contribution is 2.45. The molecule has 5 atom stereocenters. The van der Waals surface area contributed by atoms with Gasteiger partial charge in [-0.05, 0) is 12.3 Å². The van der Waals surface area contributed by atoms with Crippen molar-refractivity contribution < 1.29 is 19.7 Å². The fourth-order valence-electron chi connectivity index (χ4n) is 2.51. The van der Waals surface area contributed by atoms with Crippen molar-refractivity contribution in [3.05, 3.63) is 11.8 Å². The van der Waals surface area contributed by atoms with Crippen LogP contribution in [-0.4, -0.2) is 28.9 Å². The second kappa shape index (κ2) is 3.37. The number of fused-ring (bicyclic) bond motifs is 1. The summed E-state index contributed by atoms with van der Waals surface area (Å²) in [6.07, 6.45) is 1.25. The van der Waals surface area contributed by atoms with Gasteiger partial charge in [-0.1, -0.05) is 6.92 Å². The highest BCUT2D eigenvalue weighted by molar-refractivity contribution is 5.74. The lowest BCUT2D eigenvalue weighted by atomic mass is 9.84. The first-order valence-corrected chi connectivity index (χ1v) is 4.82. The number of aldehydes is 1. The number of rotatable bonds is 1. The van der Waals surface area contributed by atoms with Crippen molar-refractivity contribution in [3.8, 4) is 0 Å². The molecule has 0 bridgehead atoms. The SMILES string of the molecule is C[C@@H]1[C@H]2[C@H](O)OC=C(C=O)[C@H]2C[C@@H]1O. The third kappa shape index (κ3) is 1.26. The zero-order chi connectivity index (χ0) is 10.3. The summed E-state index contributed by atoms with van der Waals surface area (Å²) in [6.45, 7) is 1.87. The number of hydrogen-bond donors (Lipinski definition) is 2. The van der Waals surface area contributed by atoms with Crippen LogP contribution in [0.25, 0.3) is 0 Å². The van der Waals surface area contributed by atoms with Crippen molar-refractivity contribution in [1.82, 2.24) is 0 Å². The first-order valence-electron chi connectivity index (χ1n) is 4.82. The van der Waals surface area contributed by atoms with E-state index in [1.807, 2.05) is 6.92 Å². The molecule has 0 amide bonds. The number of hydrogen-bond acceptors (Lipinski definition) is 4. The minimum atomic E-state index is -0.893. The van der Waals surface area contributed by atoms with E-state index in [9.17, 15) is 15.0 Å². The molecular formula is C10H14O4. The molecule has 0 aromatic carbocycles. The topological polar surface area (TPSA) is 66.8 Å². The highest BCUT2D eigenvalue weighted by Gasteiger charge is 2.47. The number of aliphatic hydroxyl groups excluding tert-OH is 2. The van der Waals surface area contributed by atoms with Crippen LogP contribution in [0.15, 0.2) is 11.8 Å². The maximum absolute atomic E-state index is 10.7. The van der Waals surface area contributed by atoms with E-state index in [2.05, 4.69) is 0 Å². The molecule has 1 saturated carbocycles. The Morgan fingerprint density at radius 1 is 1.57 bits per heavy atom. The fourth-order valence-corrected chi connectivity index (χ4v) is 2.51. The van der Waals surface area contributed by atoms with Gasteiger partial charge in [-0.3, -0.25) is 4.79 Å². The molecule has 2 aliphatic rings. The Kier molecular flexibility index (Phi) is 2.33. The van der Waals surface area contributed by atoms with Crippen LogP contribution in [0.5, 0.6) is 0 Å². The molecule has 2 rings (SSSR count). The van der Waals surface area contributed by atoms with Gasteiger partial charge in [-0.15, -0.1) is 0 Å². The summed E-state index contributed by atoms with van der Waals surface area (Å²) in [7, 11) is 0. The highest BCUT2D eigenvalue weighted by atomic mass is 16.6. The fraction of sp³-hybridized carbons (Fsp3) is 0.700. The monoisotopic (exact) mass is 198 g/mol. The van der Waals surface area contributed by atoms with Gasteiger partial charge >= 0.3 is 0 Å². The van der Waals surface area contributed by atoms with E-state index in [1.54, 1.807) is 0 Å². The maximum atomic E-state index is 10.7. The van der Waals surface area contributed by atoms with Gasteiger partial charge in [0.15, 0.2) is 6.29 Å². The van der Waals surface area contributed by atoms with Gasteiger partial charge in [0.05, 0.1) is 12.4 Å². The molecule has 0 radical (unpaired) electrons. The van der Waals surface area contributed by atoms with Crippen LogP contribution in [0.4, 0.5) is 0 Å². The molecule has 0 aromatic heterocycles. The third-order valence-corrected chi connectivity index (χ3v) is 3.41. The summed E-state index contributed by atoms with van der Waals surface area (Å²) < 4.78 is 4.97. The third-order valence-electron chi connectivity index (χ3n) is 3.41. The van der Waals surface area contributed by atoms with Crippen LogP contribution in [0.2, 0.25) is 0 Å². The Bertz CT molecular complexity index is 273. The van der Waals surface area contributed by atoms with Crippen molar-refractivity contribution in [2.24, 2.45) is 17.8 Å². The minimum absolute atomic E-state index is 0.0290. The minimum Gasteiger partial charge on any atom is -0.472 e. The van der Waals surface area contributed by atoms with Crippen molar-refractivity contribution in [1.29, 1.82) is 0 Å². The molecule has 4 nitrogen and oxygen atoms in total. The Morgan fingerprint density at radius 3 is 2.93 bits per heavy atom. The molecule has 4 heteroatoms. The Hall–Kier alpha value is -0.870. The predicted octanol–water partition coefficient (Wildman–Crippen LogP) is 0.0509. The second-order valence-electron chi connectivity index (χ2n) is 4.11. The summed E-state index contributed by atoms with van der Waals surface area (Å²) >= 11 is 0. The molecule has 1 aliphatic carbocycles. The molecule has 1 fully saturated rings. The largest absolute Gasteiger partial charge is 0.472 e. The molecule has 1 aliphatic heterocycles. The van der Waals surface area contributed by atoms with Crippen molar-refractivity contribution in [2.75, 3.05) is 0 Å². The maximum Gasteiger partial charge on any atom is 0.200 e. The number of aliphatic hydroxyl groups is 2. The lowest BCUT2D eigenvalue weighted by Crippen LogP contribution is -2.34. The summed E-state index contributed by atoms with van der Waals surface area (Å²) in [4.78, 5) is 10.7. The smallest absolute Gasteiger partial charge is 0.200 e. The van der Waals surface area contributed by atoms with Gasteiger partial charge in [0.25, 0.3) is 0 Å². The Morgan fingerprint density at radius 2 is 2.29 bits per heavy atom. The first-order chi connectivity index (χ1) is 6.65. The standard InChI is InChI=1S/C10H14O4/c1-5-8(12)2-7-6(3-11)4-14-10(13)9(5)7/h3-5,7-10,12-13H,2H2,1H3/t5-,7+,8-,9+,10+/m0/s1. The number of carbonyl (C=O) groups is 1. The van der Waals surface area contributed by atoms with Crippen LogP contribution in [0.1, 0.15) is 13.3 Å². The van der Waals surface area contributed by atoms with Gasteiger partial charge < -0.3 is 14.9 Å². The lowest BCUT2D eigenvalue weighted by Gasteiger charge is -2.31. The molecule has 0 saturated heterocycles. The van der Waals surface area contributed by atoms with E-state index < -0.39 is 12.4 Å². The average molecular weight is 198 g/mol. The van der Waals surface area contributed by atoms with Crippen LogP contribution in [0.3, 0.4) is 0 Å². The normalized spacial score (nSPS) is 46.5. The Labute approximate surface area is 82.2 Å².